The molecule has 0 bridgehead atoms. The van der Waals surface area contributed by atoms with Crippen LogP contribution in [0.4, 0.5) is 5.00 Å². The van der Waals surface area contributed by atoms with Crippen LogP contribution in [0.5, 0.6) is 0 Å². The van der Waals surface area contributed by atoms with Gasteiger partial charge in [0.1, 0.15) is 5.00 Å². The Labute approximate surface area is 175 Å². The van der Waals surface area contributed by atoms with Gasteiger partial charge in [0.2, 0.25) is 11.8 Å². The van der Waals surface area contributed by atoms with E-state index in [-0.39, 0.29) is 30.7 Å². The van der Waals surface area contributed by atoms with E-state index in [1.807, 2.05) is 30.3 Å². The van der Waals surface area contributed by atoms with E-state index in [1.165, 1.54) is 21.1 Å². The third-order valence-corrected chi connectivity index (χ3v) is 6.21. The van der Waals surface area contributed by atoms with Gasteiger partial charge in [0.25, 0.3) is 0 Å². The minimum atomic E-state index is -0.222. The molecule has 0 spiro atoms. The number of nitrogens with one attached hydrogen (secondary N) is 1. The number of likely N-dealkylation sites (N-methyl/N-ethyl adjacent to an activating group) is 2. The van der Waals surface area contributed by atoms with Crippen LogP contribution in [0.25, 0.3) is 0 Å². The zero-order chi connectivity index (χ0) is 21.0. The van der Waals surface area contributed by atoms with Crippen LogP contribution < -0.4 is 5.32 Å². The second-order valence-corrected chi connectivity index (χ2v) is 8.72. The first-order chi connectivity index (χ1) is 13.9. The van der Waals surface area contributed by atoms with Crippen molar-refractivity contribution in [3.05, 3.63) is 51.9 Å². The fraction of sp³-hybridized carbons (Fsp3) is 0.409. The number of aryl methyl sites for hydroxylation is 1. The maximum Gasteiger partial charge on any atom is 0.239 e. The number of anilines is 1. The molecular weight excluding hydrogens is 386 g/mol. The molecule has 1 aromatic heterocycles. The molecule has 0 saturated heterocycles. The van der Waals surface area contributed by atoms with E-state index in [4.69, 9.17) is 0 Å². The van der Waals surface area contributed by atoms with Crippen LogP contribution >= 0.6 is 11.3 Å². The first-order valence-corrected chi connectivity index (χ1v) is 10.6. The highest BCUT2D eigenvalue weighted by molar-refractivity contribution is 7.17. The maximum absolute atomic E-state index is 13.2. The van der Waals surface area contributed by atoms with Crippen LogP contribution in [-0.4, -0.2) is 61.6 Å². The Bertz CT molecular complexity index is 906. The van der Waals surface area contributed by atoms with Crippen molar-refractivity contribution in [3.63, 3.8) is 0 Å². The van der Waals surface area contributed by atoms with Gasteiger partial charge in [0.05, 0.1) is 18.7 Å². The van der Waals surface area contributed by atoms with Crippen molar-refractivity contribution in [2.45, 2.75) is 25.7 Å². The number of carbonyl (C=O) groups is 3. The number of amides is 2. The molecule has 0 radical (unpaired) electrons. The van der Waals surface area contributed by atoms with E-state index in [9.17, 15) is 14.4 Å². The number of ketones is 1. The summed E-state index contributed by atoms with van der Waals surface area (Å²) in [5.41, 5.74) is 2.35. The predicted molar refractivity (Wildman–Crippen MR) is 116 cm³/mol. The predicted octanol–water partition coefficient (Wildman–Crippen LogP) is 2.82. The summed E-state index contributed by atoms with van der Waals surface area (Å²) in [7, 11) is 5.11. The Morgan fingerprint density at radius 1 is 1.00 bits per heavy atom. The Balaban J connectivity index is 1.80. The second kappa shape index (κ2) is 9.33. The summed E-state index contributed by atoms with van der Waals surface area (Å²) < 4.78 is 0. The molecule has 1 heterocycles. The quantitative estimate of drug-likeness (QED) is 0.709. The van der Waals surface area contributed by atoms with Gasteiger partial charge in [-0.05, 0) is 38.3 Å². The van der Waals surface area contributed by atoms with E-state index < -0.39 is 0 Å². The van der Waals surface area contributed by atoms with Gasteiger partial charge in [-0.3, -0.25) is 19.3 Å². The number of hydrogen-bond donors (Lipinski definition) is 1. The lowest BCUT2D eigenvalue weighted by Gasteiger charge is -2.18. The molecule has 1 aliphatic carbocycles. The van der Waals surface area contributed by atoms with E-state index >= 15 is 0 Å². The maximum atomic E-state index is 13.2. The average Bonchev–Trinajstić information content (AvgIpc) is 3.05. The molecule has 0 unspecified atom stereocenters. The van der Waals surface area contributed by atoms with Gasteiger partial charge in [-0.1, -0.05) is 30.3 Å². The van der Waals surface area contributed by atoms with Gasteiger partial charge in [-0.2, -0.15) is 0 Å². The smallest absolute Gasteiger partial charge is 0.239 e. The highest BCUT2D eigenvalue weighted by Gasteiger charge is 2.27. The third-order valence-electron chi connectivity index (χ3n) is 5.00. The lowest BCUT2D eigenvalue weighted by molar-refractivity contribution is -0.130. The van der Waals surface area contributed by atoms with Crippen molar-refractivity contribution in [3.8, 4) is 0 Å². The topological polar surface area (TPSA) is 69.7 Å². The summed E-state index contributed by atoms with van der Waals surface area (Å²) in [6.45, 7) is 0.248. The van der Waals surface area contributed by atoms with Crippen molar-refractivity contribution in [1.29, 1.82) is 0 Å². The molecule has 154 valence electrons. The summed E-state index contributed by atoms with van der Waals surface area (Å²) in [6, 6.07) is 9.19. The van der Waals surface area contributed by atoms with Gasteiger partial charge in [-0.15, -0.1) is 11.3 Å². The second-order valence-electron chi connectivity index (χ2n) is 7.62. The SMILES string of the molecule is CN(CC(=O)Nc1sc2c(c1C(=O)c1ccccc1)CCCC2)CC(=O)N(C)C. The fourth-order valence-electron chi connectivity index (χ4n) is 3.47. The third kappa shape index (κ3) is 5.10. The van der Waals surface area contributed by atoms with Crippen molar-refractivity contribution >= 4 is 33.9 Å². The van der Waals surface area contributed by atoms with Gasteiger partial charge >= 0.3 is 0 Å². The Morgan fingerprint density at radius 3 is 2.38 bits per heavy atom. The number of benzene rings is 1. The molecule has 0 aliphatic heterocycles. The molecular formula is C22H27N3O3S. The number of fused-ring (bicyclic) bond motifs is 1. The Kier molecular flexibility index (Phi) is 6.82. The van der Waals surface area contributed by atoms with E-state index in [1.54, 1.807) is 26.0 Å². The Morgan fingerprint density at radius 2 is 1.69 bits per heavy atom. The molecule has 2 aromatic rings. The van der Waals surface area contributed by atoms with Crippen LogP contribution in [0.1, 0.15) is 39.2 Å². The summed E-state index contributed by atoms with van der Waals surface area (Å²) in [4.78, 5) is 42.0. The van der Waals surface area contributed by atoms with Gasteiger partial charge in [-0.25, -0.2) is 0 Å². The minimum absolute atomic E-state index is 0.0450. The monoisotopic (exact) mass is 413 g/mol. The number of carbonyl (C=O) groups excluding carboxylic acids is 3. The number of thiophene rings is 1. The molecule has 1 aromatic carbocycles. The van der Waals surface area contributed by atoms with Gasteiger partial charge in [0, 0.05) is 24.5 Å². The van der Waals surface area contributed by atoms with Crippen LogP contribution in [0, 0.1) is 0 Å². The molecule has 1 aliphatic rings. The van der Waals surface area contributed by atoms with Crippen molar-refractivity contribution in [1.82, 2.24) is 9.80 Å². The first kappa shape index (κ1) is 21.2. The Hall–Kier alpha value is -2.51. The van der Waals surface area contributed by atoms with E-state index in [0.717, 1.165) is 31.2 Å². The van der Waals surface area contributed by atoms with Crippen LogP contribution in [0.3, 0.4) is 0 Å². The van der Waals surface area contributed by atoms with E-state index in [2.05, 4.69) is 5.32 Å². The molecule has 1 N–H and O–H groups in total. The molecule has 2 amide bonds. The standard InChI is InChI=1S/C22H27N3O3S/c1-24(2)19(27)14-25(3)13-18(26)23-22-20(16-11-7-8-12-17(16)29-22)21(28)15-9-5-4-6-10-15/h4-6,9-10H,7-8,11-14H2,1-3H3,(H,23,26). The van der Waals surface area contributed by atoms with Crippen molar-refractivity contribution < 1.29 is 14.4 Å². The largest absolute Gasteiger partial charge is 0.348 e. The fourth-order valence-corrected chi connectivity index (χ4v) is 4.77. The summed E-state index contributed by atoms with van der Waals surface area (Å²) >= 11 is 1.51. The highest BCUT2D eigenvalue weighted by atomic mass is 32.1. The normalized spacial score (nSPS) is 13.1. The van der Waals surface area contributed by atoms with Crippen LogP contribution in [0.15, 0.2) is 30.3 Å². The molecule has 0 saturated carbocycles. The molecule has 6 nitrogen and oxygen atoms in total. The number of hydrogen-bond acceptors (Lipinski definition) is 5. The summed E-state index contributed by atoms with van der Waals surface area (Å²) in [5.74, 6) is -0.331. The first-order valence-electron chi connectivity index (χ1n) is 9.79. The molecule has 29 heavy (non-hydrogen) atoms. The molecule has 0 fully saturated rings. The molecule has 0 atom stereocenters. The van der Waals surface area contributed by atoms with Crippen molar-refractivity contribution in [2.75, 3.05) is 39.5 Å². The zero-order valence-electron chi connectivity index (χ0n) is 17.2. The highest BCUT2D eigenvalue weighted by Crippen LogP contribution is 2.39. The number of nitrogens with zero attached hydrogens (tertiary/aromatic N) is 2. The van der Waals surface area contributed by atoms with Gasteiger partial charge in [0.15, 0.2) is 5.78 Å². The molecule has 7 heteroatoms. The van der Waals surface area contributed by atoms with Gasteiger partial charge < -0.3 is 10.2 Å². The molecule has 3 rings (SSSR count). The lowest BCUT2D eigenvalue weighted by Crippen LogP contribution is -2.38. The van der Waals surface area contributed by atoms with E-state index in [0.29, 0.717) is 16.1 Å². The van der Waals surface area contributed by atoms with Crippen LogP contribution in [0.2, 0.25) is 0 Å². The van der Waals surface area contributed by atoms with Crippen LogP contribution in [-0.2, 0) is 22.4 Å². The summed E-state index contributed by atoms with van der Waals surface area (Å²) in [6.07, 6.45) is 3.98. The average molecular weight is 414 g/mol. The minimum Gasteiger partial charge on any atom is -0.348 e. The zero-order valence-corrected chi connectivity index (χ0v) is 18.0. The lowest BCUT2D eigenvalue weighted by atomic mass is 9.92. The van der Waals surface area contributed by atoms with Crippen molar-refractivity contribution in [2.24, 2.45) is 0 Å². The summed E-state index contributed by atoms with van der Waals surface area (Å²) in [5, 5.41) is 3.57. The number of rotatable bonds is 7.